The molecule has 168 valence electrons. The van der Waals surface area contributed by atoms with Crippen LogP contribution >= 0.6 is 15.9 Å². The lowest BCUT2D eigenvalue weighted by Gasteiger charge is -2.38. The Morgan fingerprint density at radius 3 is 2.67 bits per heavy atom. The normalized spacial score (nSPS) is 18.6. The molecule has 3 aromatic carbocycles. The molecule has 9 heteroatoms. The van der Waals surface area contributed by atoms with E-state index in [4.69, 9.17) is 19.3 Å². The minimum Gasteiger partial charge on any atom is -0.493 e. The largest absolute Gasteiger partial charge is 0.493 e. The summed E-state index contributed by atoms with van der Waals surface area (Å²) in [4.78, 5) is 10.9. The summed E-state index contributed by atoms with van der Waals surface area (Å²) in [5.74, 6) is 2.00. The average molecular weight is 510 g/mol. The van der Waals surface area contributed by atoms with Gasteiger partial charge in [0.2, 0.25) is 6.23 Å². The monoisotopic (exact) mass is 509 g/mol. The van der Waals surface area contributed by atoms with Crippen LogP contribution in [0.1, 0.15) is 35.4 Å². The maximum atomic E-state index is 11.3. The second-order valence-corrected chi connectivity index (χ2v) is 8.64. The minimum absolute atomic E-state index is 0.0116. The molecule has 0 saturated carbocycles. The van der Waals surface area contributed by atoms with E-state index < -0.39 is 11.2 Å². The van der Waals surface area contributed by atoms with E-state index in [1.165, 1.54) is 12.1 Å². The number of hydrazone groups is 1. The first-order valence-electron chi connectivity index (χ1n) is 10.3. The highest BCUT2D eigenvalue weighted by Gasteiger charge is 2.41. The van der Waals surface area contributed by atoms with Crippen molar-refractivity contribution in [3.05, 3.63) is 91.9 Å². The zero-order valence-corrected chi connectivity index (χ0v) is 19.5. The quantitative estimate of drug-likeness (QED) is 0.327. The van der Waals surface area contributed by atoms with Gasteiger partial charge in [0.15, 0.2) is 11.5 Å². The number of rotatable bonds is 5. The fourth-order valence-corrected chi connectivity index (χ4v) is 4.64. The average Bonchev–Trinajstić information content (AvgIpc) is 3.29. The van der Waals surface area contributed by atoms with Gasteiger partial charge in [0, 0.05) is 39.7 Å². The maximum Gasteiger partial charge on any atom is 0.269 e. The molecule has 0 unspecified atom stereocenters. The van der Waals surface area contributed by atoms with Gasteiger partial charge in [0.05, 0.1) is 30.9 Å². The van der Waals surface area contributed by atoms with E-state index in [1.807, 2.05) is 47.5 Å². The van der Waals surface area contributed by atoms with E-state index in [0.717, 1.165) is 27.1 Å². The summed E-state index contributed by atoms with van der Waals surface area (Å²) in [7, 11) is 3.20. The van der Waals surface area contributed by atoms with Crippen molar-refractivity contribution in [3.8, 4) is 17.2 Å². The Morgan fingerprint density at radius 2 is 1.91 bits per heavy atom. The summed E-state index contributed by atoms with van der Waals surface area (Å²) < 4.78 is 18.1. The van der Waals surface area contributed by atoms with Crippen LogP contribution in [-0.4, -0.2) is 29.9 Å². The van der Waals surface area contributed by atoms with Crippen LogP contribution in [-0.2, 0) is 0 Å². The highest BCUT2D eigenvalue weighted by Crippen LogP contribution is 2.48. The summed E-state index contributed by atoms with van der Waals surface area (Å²) in [5.41, 5.74) is 3.46. The third-order valence-corrected chi connectivity index (χ3v) is 6.33. The molecule has 0 spiro atoms. The number of halogens is 1. The third kappa shape index (κ3) is 3.78. The molecule has 0 N–H and O–H groups in total. The Bertz CT molecular complexity index is 1280. The number of ether oxygens (including phenoxy) is 3. The number of nitrogens with zero attached hydrogens (tertiary/aromatic N) is 3. The molecule has 5 rings (SSSR count). The molecule has 0 amide bonds. The molecule has 0 bridgehead atoms. The van der Waals surface area contributed by atoms with Gasteiger partial charge < -0.3 is 14.2 Å². The predicted molar refractivity (Wildman–Crippen MR) is 126 cm³/mol. The van der Waals surface area contributed by atoms with Crippen molar-refractivity contribution in [2.24, 2.45) is 5.10 Å². The smallest absolute Gasteiger partial charge is 0.269 e. The summed E-state index contributed by atoms with van der Waals surface area (Å²) in [5, 5.41) is 18.1. The Balaban J connectivity index is 1.59. The third-order valence-electron chi connectivity index (χ3n) is 5.83. The molecule has 8 nitrogen and oxygen atoms in total. The van der Waals surface area contributed by atoms with Gasteiger partial charge in [-0.3, -0.25) is 10.1 Å². The molecule has 2 aliphatic rings. The number of benzene rings is 3. The first-order valence-corrected chi connectivity index (χ1v) is 11.1. The number of nitro groups is 1. The fourth-order valence-electron chi connectivity index (χ4n) is 4.26. The zero-order chi connectivity index (χ0) is 23.1. The summed E-state index contributed by atoms with van der Waals surface area (Å²) in [6.07, 6.45) is 0.0505. The minimum atomic E-state index is -0.596. The Kier molecular flexibility index (Phi) is 5.41. The van der Waals surface area contributed by atoms with Crippen LogP contribution < -0.4 is 14.2 Å². The Morgan fingerprint density at radius 1 is 1.09 bits per heavy atom. The molecule has 2 atom stereocenters. The van der Waals surface area contributed by atoms with E-state index in [-0.39, 0.29) is 11.7 Å². The summed E-state index contributed by atoms with van der Waals surface area (Å²) >= 11 is 3.55. The van der Waals surface area contributed by atoms with Crippen LogP contribution in [0.3, 0.4) is 0 Å². The van der Waals surface area contributed by atoms with Gasteiger partial charge in [-0.15, -0.1) is 0 Å². The highest BCUT2D eigenvalue weighted by molar-refractivity contribution is 9.10. The lowest BCUT2D eigenvalue weighted by molar-refractivity contribution is -0.385. The molecule has 2 heterocycles. The van der Waals surface area contributed by atoms with Gasteiger partial charge in [0.25, 0.3) is 5.69 Å². The van der Waals surface area contributed by atoms with Crippen molar-refractivity contribution < 1.29 is 19.1 Å². The molecule has 2 aliphatic heterocycles. The second kappa shape index (κ2) is 8.40. The van der Waals surface area contributed by atoms with Crippen LogP contribution in [0.4, 0.5) is 5.69 Å². The fraction of sp³-hybridized carbons (Fsp3) is 0.208. The van der Waals surface area contributed by atoms with Crippen molar-refractivity contribution in [1.29, 1.82) is 0 Å². The lowest BCUT2D eigenvalue weighted by atomic mass is 9.95. The summed E-state index contributed by atoms with van der Waals surface area (Å²) in [6.45, 7) is 0. The number of hydrogen-bond acceptors (Lipinski definition) is 7. The van der Waals surface area contributed by atoms with Gasteiger partial charge in [-0.25, -0.2) is 5.01 Å². The second-order valence-electron chi connectivity index (χ2n) is 7.72. The SMILES string of the molecule is COc1ccc(C2=NN3[C@@H](C2)c2cc(Br)ccc2O[C@H]3c2cccc([N+](=O)[O-])c2)cc1OC. The predicted octanol–water partition coefficient (Wildman–Crippen LogP) is 5.62. The molecule has 3 aromatic rings. The number of non-ortho nitro benzene ring substituents is 1. The van der Waals surface area contributed by atoms with Crippen molar-refractivity contribution in [3.63, 3.8) is 0 Å². The molecule has 0 saturated heterocycles. The molecular formula is C24H20BrN3O5. The lowest BCUT2D eigenvalue weighted by Crippen LogP contribution is -2.33. The number of hydrogen-bond donors (Lipinski definition) is 0. The topological polar surface area (TPSA) is 86.4 Å². The molecule has 0 aliphatic carbocycles. The van der Waals surface area contributed by atoms with E-state index in [2.05, 4.69) is 15.9 Å². The van der Waals surface area contributed by atoms with E-state index in [1.54, 1.807) is 20.3 Å². The first-order chi connectivity index (χ1) is 16.0. The summed E-state index contributed by atoms with van der Waals surface area (Å²) in [6, 6.07) is 18.0. The van der Waals surface area contributed by atoms with Crippen LogP contribution in [0.25, 0.3) is 0 Å². The van der Waals surface area contributed by atoms with Gasteiger partial charge in [-0.05, 0) is 36.4 Å². The number of fused-ring (bicyclic) bond motifs is 3. The molecule has 0 fully saturated rings. The zero-order valence-electron chi connectivity index (χ0n) is 17.9. The van der Waals surface area contributed by atoms with Crippen LogP contribution in [0.2, 0.25) is 0 Å². The first kappa shape index (κ1) is 21.3. The van der Waals surface area contributed by atoms with Crippen molar-refractivity contribution in [2.75, 3.05) is 14.2 Å². The van der Waals surface area contributed by atoms with E-state index in [9.17, 15) is 10.1 Å². The molecule has 0 aromatic heterocycles. The van der Waals surface area contributed by atoms with Crippen LogP contribution in [0, 0.1) is 10.1 Å². The van der Waals surface area contributed by atoms with Gasteiger partial charge in [0.1, 0.15) is 5.75 Å². The molecular weight excluding hydrogens is 490 g/mol. The van der Waals surface area contributed by atoms with Crippen LogP contribution in [0.5, 0.6) is 17.2 Å². The van der Waals surface area contributed by atoms with Crippen LogP contribution in [0.15, 0.2) is 70.2 Å². The Hall–Kier alpha value is -3.59. The van der Waals surface area contributed by atoms with Crippen molar-refractivity contribution >= 4 is 27.3 Å². The van der Waals surface area contributed by atoms with Gasteiger partial charge in [-0.2, -0.15) is 5.10 Å². The number of methoxy groups -OCH3 is 2. The molecule has 33 heavy (non-hydrogen) atoms. The van der Waals surface area contributed by atoms with Gasteiger partial charge in [-0.1, -0.05) is 28.1 Å². The van der Waals surface area contributed by atoms with Crippen molar-refractivity contribution in [2.45, 2.75) is 18.7 Å². The van der Waals surface area contributed by atoms with E-state index in [0.29, 0.717) is 23.5 Å². The van der Waals surface area contributed by atoms with E-state index >= 15 is 0 Å². The number of nitro benzene ring substituents is 1. The van der Waals surface area contributed by atoms with Gasteiger partial charge >= 0.3 is 0 Å². The molecule has 0 radical (unpaired) electrons. The Labute approximate surface area is 198 Å². The van der Waals surface area contributed by atoms with Crippen molar-refractivity contribution in [1.82, 2.24) is 5.01 Å². The standard InChI is InChI=1S/C24H20BrN3O5/c1-31-22-8-6-14(11-23(22)32-2)19-13-20-18-12-16(25)7-9-21(18)33-24(27(20)26-19)15-4-3-5-17(10-15)28(29)30/h3-12,20,24H,13H2,1-2H3/t20-,24-/m0/s1. The maximum absolute atomic E-state index is 11.3. The highest BCUT2D eigenvalue weighted by atomic mass is 79.9.